The first kappa shape index (κ1) is 38.4. The van der Waals surface area contributed by atoms with Gasteiger partial charge >= 0.3 is 0 Å². The van der Waals surface area contributed by atoms with Crippen molar-refractivity contribution in [2.24, 2.45) is 5.73 Å². The van der Waals surface area contributed by atoms with Crippen LogP contribution < -0.4 is 5.73 Å². The molecule has 1 nitrogen and oxygen atoms in total. The summed E-state index contributed by atoms with van der Waals surface area (Å²) in [7, 11) is 0. The van der Waals surface area contributed by atoms with E-state index in [0.29, 0.717) is 0 Å². The third-order valence-electron chi connectivity index (χ3n) is 7.54. The van der Waals surface area contributed by atoms with Crippen molar-refractivity contribution >= 4 is 105 Å². The van der Waals surface area contributed by atoms with Crippen molar-refractivity contribution < 1.29 is 0 Å². The summed E-state index contributed by atoms with van der Waals surface area (Å²) in [6.07, 6.45) is 32.4. The van der Waals surface area contributed by atoms with Crippen LogP contribution in [0, 0.1) is 6.92 Å². The molecule has 4 aliphatic heterocycles. The van der Waals surface area contributed by atoms with Crippen molar-refractivity contribution in [1.82, 2.24) is 0 Å². The Morgan fingerprint density at radius 1 is 0.706 bits per heavy atom. The van der Waals surface area contributed by atoms with Crippen LogP contribution >= 0.6 is 94.1 Å². The molecule has 0 amide bonds. The largest absolute Gasteiger partial charge is 0.393 e. The molecule has 2 aromatic carbocycles. The number of allylic oxidation sites excluding steroid dienone is 17. The second-order valence-corrected chi connectivity index (χ2v) is 20.1. The summed E-state index contributed by atoms with van der Waals surface area (Å²) in [5, 5.41) is 7.26. The van der Waals surface area contributed by atoms with Gasteiger partial charge in [0.2, 0.25) is 0 Å². The topological polar surface area (TPSA) is 26.0 Å². The maximum absolute atomic E-state index is 6.06. The second kappa shape index (κ2) is 19.7. The molecular weight excluding hydrogens is 775 g/mol. The van der Waals surface area contributed by atoms with Gasteiger partial charge in [0.15, 0.2) is 0 Å². The molecule has 0 spiro atoms. The number of fused-ring (bicyclic) bond motifs is 2. The maximum atomic E-state index is 6.06. The first-order valence-electron chi connectivity index (χ1n) is 16.2. The van der Waals surface area contributed by atoms with Gasteiger partial charge in [-0.25, -0.2) is 0 Å². The molecule has 6 rings (SSSR count). The van der Waals surface area contributed by atoms with Gasteiger partial charge in [-0.15, -0.1) is 11.8 Å². The van der Waals surface area contributed by atoms with E-state index in [1.807, 2.05) is 94.2 Å². The molecule has 0 saturated heterocycles. The lowest BCUT2D eigenvalue weighted by Crippen LogP contribution is -1.99. The van der Waals surface area contributed by atoms with Crippen LogP contribution in [0.3, 0.4) is 0 Å². The Labute approximate surface area is 337 Å². The molecule has 258 valence electrons. The minimum Gasteiger partial charge on any atom is -0.393 e. The van der Waals surface area contributed by atoms with Crippen LogP contribution in [0.15, 0.2) is 181 Å². The number of aryl methyl sites for hydroxylation is 1. The predicted octanol–water partition coefficient (Wildman–Crippen LogP) is 15.4. The van der Waals surface area contributed by atoms with Crippen molar-refractivity contribution in [1.29, 1.82) is 0 Å². The molecule has 0 atom stereocenters. The standard InChI is InChI=1S/C42H37NS8/c1-4-6-8-9-10-13-17-30(32-20-21-35-37(25-32)50-42(48-35)39-44-22-23-45-39)18-14-11-12-15-19-31(16-7-5-2)33-24-29(3)34-27-46-40(49-36(34)26-33)41-47-28-38(43)51-41/h4-11,13-26,28H,1,12,27,43H2,2-3H3/b7-5+,8-6+,10-9+,14-11+,17-13+,19-15+,30-18-,31-16-,41-40+. The summed E-state index contributed by atoms with van der Waals surface area (Å²) in [5.74, 6) is 0.995. The first-order chi connectivity index (χ1) is 25.0. The number of nitrogens with two attached hydrogens (primary N) is 1. The van der Waals surface area contributed by atoms with Crippen LogP contribution in [0.25, 0.3) is 11.1 Å². The monoisotopic (exact) mass is 811 g/mol. The highest BCUT2D eigenvalue weighted by molar-refractivity contribution is 8.32. The smallest absolute Gasteiger partial charge is 0.0777 e. The zero-order chi connectivity index (χ0) is 35.4. The Bertz CT molecular complexity index is 2040. The molecule has 2 aromatic rings. The van der Waals surface area contributed by atoms with E-state index in [9.17, 15) is 0 Å². The Hall–Kier alpha value is -2.34. The molecule has 0 fully saturated rings. The van der Waals surface area contributed by atoms with Crippen molar-refractivity contribution in [3.8, 4) is 0 Å². The van der Waals surface area contributed by atoms with E-state index >= 15 is 0 Å². The third-order valence-corrected chi connectivity index (χ3v) is 17.9. The van der Waals surface area contributed by atoms with E-state index in [-0.39, 0.29) is 0 Å². The highest BCUT2D eigenvalue weighted by Crippen LogP contribution is 2.58. The minimum absolute atomic E-state index is 0.832. The average molecular weight is 812 g/mol. The van der Waals surface area contributed by atoms with E-state index in [4.69, 9.17) is 5.73 Å². The molecule has 0 radical (unpaired) electrons. The molecule has 4 aliphatic rings. The summed E-state index contributed by atoms with van der Waals surface area (Å²) in [6, 6.07) is 11.5. The van der Waals surface area contributed by atoms with Crippen LogP contribution in [0.5, 0.6) is 0 Å². The number of benzene rings is 2. The average Bonchev–Trinajstić information content (AvgIpc) is 3.92. The highest BCUT2D eigenvalue weighted by atomic mass is 32.2. The Morgan fingerprint density at radius 2 is 1.45 bits per heavy atom. The number of thioether (sulfide) groups is 8. The Balaban J connectivity index is 1.18. The molecular formula is C42H37NS8. The van der Waals surface area contributed by atoms with Crippen LogP contribution in [-0.2, 0) is 5.75 Å². The van der Waals surface area contributed by atoms with Gasteiger partial charge in [0, 0.05) is 25.8 Å². The number of hydrogen-bond donors (Lipinski definition) is 1. The van der Waals surface area contributed by atoms with Crippen LogP contribution in [-0.4, -0.2) is 0 Å². The van der Waals surface area contributed by atoms with Gasteiger partial charge in [0.1, 0.15) is 0 Å². The van der Waals surface area contributed by atoms with Crippen molar-refractivity contribution in [2.75, 3.05) is 0 Å². The van der Waals surface area contributed by atoms with Crippen molar-refractivity contribution in [3.05, 3.63) is 189 Å². The second-order valence-electron chi connectivity index (χ2n) is 11.1. The fourth-order valence-electron chi connectivity index (χ4n) is 5.06. The number of rotatable bonds is 11. The Morgan fingerprint density at radius 3 is 2.25 bits per heavy atom. The zero-order valence-corrected chi connectivity index (χ0v) is 34.8. The molecule has 9 heteroatoms. The highest BCUT2D eigenvalue weighted by Gasteiger charge is 2.24. The van der Waals surface area contributed by atoms with Crippen LogP contribution in [0.4, 0.5) is 0 Å². The van der Waals surface area contributed by atoms with Crippen molar-refractivity contribution in [3.63, 3.8) is 0 Å². The molecule has 0 bridgehead atoms. The summed E-state index contributed by atoms with van der Waals surface area (Å²) in [4.78, 5) is 4.00. The summed E-state index contributed by atoms with van der Waals surface area (Å²) in [5.41, 5.74) is 13.7. The van der Waals surface area contributed by atoms with Gasteiger partial charge in [0.05, 0.1) is 22.0 Å². The van der Waals surface area contributed by atoms with Gasteiger partial charge in [-0.2, -0.15) is 0 Å². The molecule has 0 aromatic heterocycles. The summed E-state index contributed by atoms with van der Waals surface area (Å²) >= 11 is 14.6. The Kier molecular flexibility index (Phi) is 14.8. The third kappa shape index (κ3) is 10.6. The fraction of sp³-hybridized carbons (Fsp3) is 0.0952. The van der Waals surface area contributed by atoms with Crippen LogP contribution in [0.1, 0.15) is 35.6 Å². The first-order valence-corrected chi connectivity index (χ1v) is 23.1. The zero-order valence-electron chi connectivity index (χ0n) is 28.2. The summed E-state index contributed by atoms with van der Waals surface area (Å²) < 4.78 is 5.41. The molecule has 51 heavy (non-hydrogen) atoms. The molecule has 4 heterocycles. The van der Waals surface area contributed by atoms with Crippen molar-refractivity contribution in [2.45, 2.75) is 40.7 Å². The minimum atomic E-state index is 0.832. The van der Waals surface area contributed by atoms with E-state index in [0.717, 1.165) is 17.2 Å². The van der Waals surface area contributed by atoms with E-state index in [1.165, 1.54) is 65.0 Å². The van der Waals surface area contributed by atoms with E-state index in [2.05, 4.69) is 128 Å². The van der Waals surface area contributed by atoms with Gasteiger partial charge in [-0.3, -0.25) is 0 Å². The van der Waals surface area contributed by atoms with Gasteiger partial charge in [-0.1, -0.05) is 192 Å². The number of hydrogen-bond acceptors (Lipinski definition) is 9. The molecule has 0 unspecified atom stereocenters. The molecule has 0 aliphatic carbocycles. The SMILES string of the molecule is C=C/C=C/C=C/C=C/C(=C/C=C/C/C=C/C(=C/C=C/C)c1cc(C)c2c(c1)S/C(=C1\SC=C(N)S1)SC2)c1ccc2c(c1)SC(=C1SC=CS1)S2. The normalized spacial score (nSPS) is 19.8. The maximum Gasteiger partial charge on any atom is 0.0777 e. The lowest BCUT2D eigenvalue weighted by Gasteiger charge is -2.22. The van der Waals surface area contributed by atoms with Gasteiger partial charge in [0.25, 0.3) is 0 Å². The van der Waals surface area contributed by atoms with Gasteiger partial charge in [-0.05, 0) is 82.7 Å². The quantitative estimate of drug-likeness (QED) is 0.223. The molecule has 0 saturated carbocycles. The lowest BCUT2D eigenvalue weighted by atomic mass is 9.99. The summed E-state index contributed by atoms with van der Waals surface area (Å²) in [6.45, 7) is 8.05. The lowest BCUT2D eigenvalue weighted by molar-refractivity contribution is 1.19. The van der Waals surface area contributed by atoms with E-state index in [1.54, 1.807) is 29.6 Å². The molecule has 2 N–H and O–H groups in total. The fourth-order valence-corrected chi connectivity index (χ4v) is 14.8. The van der Waals surface area contributed by atoms with Crippen LogP contribution in [0.2, 0.25) is 0 Å². The predicted molar refractivity (Wildman–Crippen MR) is 244 cm³/mol. The van der Waals surface area contributed by atoms with E-state index < -0.39 is 0 Å². The van der Waals surface area contributed by atoms with Gasteiger partial charge < -0.3 is 5.73 Å².